The summed E-state index contributed by atoms with van der Waals surface area (Å²) in [5, 5.41) is 34.5. The molecule has 20 nitrogen and oxygen atoms in total. The number of hydrogen-bond donors (Lipinski definition) is 0. The summed E-state index contributed by atoms with van der Waals surface area (Å²) < 4.78 is 0. The van der Waals surface area contributed by atoms with Crippen molar-refractivity contribution < 1.29 is 38.7 Å². The topological polar surface area (TPSA) is 263 Å². The summed E-state index contributed by atoms with van der Waals surface area (Å²) in [5.41, 5.74) is 6.69. The van der Waals surface area contributed by atoms with E-state index in [1.807, 2.05) is 12.1 Å². The molecule has 4 aliphatic rings. The van der Waals surface area contributed by atoms with Crippen LogP contribution in [0.3, 0.4) is 0 Å². The van der Waals surface area contributed by atoms with Gasteiger partial charge in [0.15, 0.2) is 0 Å². The molecule has 20 heteroatoms. The van der Waals surface area contributed by atoms with Gasteiger partial charge >= 0.3 is 0 Å². The number of fused-ring (bicyclic) bond motifs is 3. The van der Waals surface area contributed by atoms with Crippen LogP contribution >= 0.6 is 0 Å². The predicted octanol–water partition coefficient (Wildman–Crippen LogP) is 8.06. The Balaban J connectivity index is 0.000000140. The summed E-state index contributed by atoms with van der Waals surface area (Å²) in [6.07, 6.45) is 13.7. The van der Waals surface area contributed by atoms with Gasteiger partial charge in [-0.05, 0) is 102 Å². The van der Waals surface area contributed by atoms with Crippen molar-refractivity contribution in [2.75, 3.05) is 14.7 Å². The van der Waals surface area contributed by atoms with Crippen molar-refractivity contribution >= 4 is 63.7 Å². The van der Waals surface area contributed by atoms with Crippen molar-refractivity contribution in [2.45, 2.75) is 71.3 Å². The first kappa shape index (κ1) is 46.6. The molecule has 6 aromatic rings. The smallest absolute Gasteiger partial charge is 0.294 e. The standard InChI is InChI=1S/C17H15N3O3.2C16H13N3O4/c21-16-6-3-11-8-13(12-2-1-7-18-10-12)9-15(20(22)23)17(11)19(16)14-4-5-14;2*1-10(20)18-15(21)5-4-11-7-13(12-3-2-6-17-9-12)8-14(16(11)18)19(22)23/h1-2,7-10,14H,3-6H2;2*2-3,6-9H,4-5H2,1H3. The van der Waals surface area contributed by atoms with E-state index in [2.05, 4.69) is 15.0 Å². The zero-order valence-corrected chi connectivity index (χ0v) is 37.1. The van der Waals surface area contributed by atoms with Crippen molar-refractivity contribution in [1.29, 1.82) is 0 Å². The quantitative estimate of drug-likeness (QED) is 0.108. The van der Waals surface area contributed by atoms with Gasteiger partial charge < -0.3 is 4.90 Å². The molecule has 0 saturated heterocycles. The van der Waals surface area contributed by atoms with Gasteiger partial charge in [0.25, 0.3) is 17.1 Å². The minimum Gasteiger partial charge on any atom is -0.303 e. The molecule has 0 unspecified atom stereocenters. The van der Waals surface area contributed by atoms with Crippen LogP contribution in [0.15, 0.2) is 110 Å². The number of benzene rings is 3. The van der Waals surface area contributed by atoms with Gasteiger partial charge in [-0.3, -0.25) is 69.3 Å². The Morgan fingerprint density at radius 3 is 1.13 bits per heavy atom. The van der Waals surface area contributed by atoms with E-state index in [1.165, 1.54) is 26.0 Å². The number of carbonyl (C=O) groups excluding carboxylic acids is 5. The number of amides is 5. The average molecular weight is 932 g/mol. The van der Waals surface area contributed by atoms with Crippen LogP contribution in [0.1, 0.15) is 62.6 Å². The third kappa shape index (κ3) is 9.66. The zero-order chi connectivity index (χ0) is 49.1. The lowest BCUT2D eigenvalue weighted by molar-refractivity contribution is -0.384. The van der Waals surface area contributed by atoms with Crippen LogP contribution in [0.2, 0.25) is 0 Å². The molecule has 3 aromatic heterocycles. The van der Waals surface area contributed by atoms with E-state index in [4.69, 9.17) is 0 Å². The molecule has 10 rings (SSSR count). The zero-order valence-electron chi connectivity index (χ0n) is 37.1. The highest BCUT2D eigenvalue weighted by atomic mass is 16.6. The fraction of sp³-hybridized carbons (Fsp3) is 0.224. The van der Waals surface area contributed by atoms with E-state index in [0.717, 1.165) is 50.5 Å². The lowest BCUT2D eigenvalue weighted by atomic mass is 9.95. The first-order valence-electron chi connectivity index (χ1n) is 21.8. The third-order valence-corrected chi connectivity index (χ3v) is 11.9. The monoisotopic (exact) mass is 931 g/mol. The highest BCUT2D eigenvalue weighted by Crippen LogP contribution is 2.45. The van der Waals surface area contributed by atoms with Gasteiger partial charge in [0.2, 0.25) is 29.5 Å². The molecular formula is C49H41N9O11. The molecule has 5 amide bonds. The molecule has 0 bridgehead atoms. The summed E-state index contributed by atoms with van der Waals surface area (Å²) >= 11 is 0. The minimum atomic E-state index is -0.562. The summed E-state index contributed by atoms with van der Waals surface area (Å²) in [6.45, 7) is 2.46. The fourth-order valence-corrected chi connectivity index (χ4v) is 8.75. The van der Waals surface area contributed by atoms with E-state index in [0.29, 0.717) is 53.6 Å². The second kappa shape index (κ2) is 19.5. The van der Waals surface area contributed by atoms with E-state index in [1.54, 1.807) is 90.6 Å². The van der Waals surface area contributed by atoms with Gasteiger partial charge in [-0.1, -0.05) is 18.2 Å². The highest BCUT2D eigenvalue weighted by Gasteiger charge is 2.41. The van der Waals surface area contributed by atoms with Gasteiger partial charge in [0, 0.05) is 111 Å². The summed E-state index contributed by atoms with van der Waals surface area (Å²) in [5.74, 6) is -1.87. The number of aryl methyl sites for hydroxylation is 3. The number of imide groups is 2. The van der Waals surface area contributed by atoms with Crippen molar-refractivity contribution in [1.82, 2.24) is 15.0 Å². The number of hydrogen-bond acceptors (Lipinski definition) is 14. The molecule has 348 valence electrons. The van der Waals surface area contributed by atoms with Gasteiger partial charge in [0.1, 0.15) is 17.1 Å². The maximum absolute atomic E-state index is 12.3. The molecule has 3 aromatic carbocycles. The number of carbonyl (C=O) groups is 5. The normalized spacial score (nSPS) is 14.8. The molecule has 0 spiro atoms. The Morgan fingerprint density at radius 2 is 0.826 bits per heavy atom. The fourth-order valence-electron chi connectivity index (χ4n) is 8.75. The number of nitro benzene ring substituents is 3. The predicted molar refractivity (Wildman–Crippen MR) is 251 cm³/mol. The Kier molecular flexibility index (Phi) is 13.2. The van der Waals surface area contributed by atoms with Crippen LogP contribution in [-0.2, 0) is 43.2 Å². The van der Waals surface area contributed by atoms with Crippen LogP contribution in [0.25, 0.3) is 33.4 Å². The van der Waals surface area contributed by atoms with Crippen molar-refractivity contribution in [2.24, 2.45) is 0 Å². The van der Waals surface area contributed by atoms with Gasteiger partial charge in [-0.2, -0.15) is 0 Å². The average Bonchev–Trinajstić information content (AvgIpc) is 4.19. The lowest BCUT2D eigenvalue weighted by Crippen LogP contribution is -2.39. The summed E-state index contributed by atoms with van der Waals surface area (Å²) in [6, 6.07) is 20.7. The molecule has 1 aliphatic carbocycles. The number of nitrogens with zero attached hydrogens (tertiary/aromatic N) is 9. The molecule has 69 heavy (non-hydrogen) atoms. The van der Waals surface area contributed by atoms with Crippen LogP contribution in [-0.4, -0.2) is 65.3 Å². The van der Waals surface area contributed by atoms with E-state index >= 15 is 0 Å². The largest absolute Gasteiger partial charge is 0.303 e. The van der Waals surface area contributed by atoms with E-state index in [9.17, 15) is 54.3 Å². The molecule has 0 N–H and O–H groups in total. The van der Waals surface area contributed by atoms with Gasteiger partial charge in [-0.25, -0.2) is 9.80 Å². The van der Waals surface area contributed by atoms with Crippen molar-refractivity contribution in [3.63, 3.8) is 0 Å². The first-order chi connectivity index (χ1) is 33.1. The Labute approximate surface area is 392 Å². The molecule has 0 radical (unpaired) electrons. The van der Waals surface area contributed by atoms with Crippen LogP contribution in [0.4, 0.5) is 34.1 Å². The lowest BCUT2D eigenvalue weighted by Gasteiger charge is -2.29. The highest BCUT2D eigenvalue weighted by molar-refractivity contribution is 6.18. The van der Waals surface area contributed by atoms with Crippen LogP contribution in [0.5, 0.6) is 0 Å². The Morgan fingerprint density at radius 1 is 0.493 bits per heavy atom. The minimum absolute atomic E-state index is 0.00257. The maximum Gasteiger partial charge on any atom is 0.294 e. The maximum atomic E-state index is 12.3. The molecule has 1 fully saturated rings. The van der Waals surface area contributed by atoms with Crippen LogP contribution in [0, 0.1) is 30.3 Å². The Bertz CT molecular complexity index is 2950. The Hall–Kier alpha value is -8.94. The van der Waals surface area contributed by atoms with E-state index < -0.39 is 33.5 Å². The molecule has 3 aliphatic heterocycles. The van der Waals surface area contributed by atoms with Crippen molar-refractivity contribution in [3.8, 4) is 33.4 Å². The number of aromatic nitrogens is 3. The van der Waals surface area contributed by atoms with Gasteiger partial charge in [-0.15, -0.1) is 0 Å². The number of anilines is 3. The number of pyridine rings is 3. The number of rotatable bonds is 7. The molecular weight excluding hydrogens is 891 g/mol. The van der Waals surface area contributed by atoms with Crippen LogP contribution < -0.4 is 14.7 Å². The molecule has 1 saturated carbocycles. The van der Waals surface area contributed by atoms with Crippen molar-refractivity contribution in [3.05, 3.63) is 157 Å². The number of nitro groups is 3. The third-order valence-electron chi connectivity index (χ3n) is 11.9. The molecule has 6 heterocycles. The second-order valence-electron chi connectivity index (χ2n) is 16.5. The second-order valence-corrected chi connectivity index (χ2v) is 16.5. The van der Waals surface area contributed by atoms with Gasteiger partial charge in [0.05, 0.1) is 14.8 Å². The first-order valence-corrected chi connectivity index (χ1v) is 21.8. The molecule has 0 atom stereocenters. The summed E-state index contributed by atoms with van der Waals surface area (Å²) in [4.78, 5) is 108. The van der Waals surface area contributed by atoms with E-state index in [-0.39, 0.29) is 58.2 Å². The summed E-state index contributed by atoms with van der Waals surface area (Å²) in [7, 11) is 0. The SMILES string of the molecule is CC(=O)N1C(=O)CCc2cc(-c3cccnc3)cc([N+](=O)[O-])c21.CC(=O)N1C(=O)CCc2cc(-c3cccnc3)cc([N+](=O)[O-])c21.O=C1CCc2cc(-c3cccnc3)cc([N+](=O)[O-])c2N1C1CC1.